The number of amides is 2. The van der Waals surface area contributed by atoms with Crippen molar-refractivity contribution in [3.8, 4) is 11.1 Å². The van der Waals surface area contributed by atoms with Crippen LogP contribution >= 0.6 is 23.4 Å². The van der Waals surface area contributed by atoms with Gasteiger partial charge in [0.1, 0.15) is 5.82 Å². The molecule has 16 heteroatoms. The van der Waals surface area contributed by atoms with E-state index in [0.717, 1.165) is 24.3 Å². The van der Waals surface area contributed by atoms with Crippen molar-refractivity contribution in [2.24, 2.45) is 5.73 Å². The fraction of sp³-hybridized carbons (Fsp3) is 0.231. The molecule has 5 nitrogen and oxygen atoms in total. The summed E-state index contributed by atoms with van der Waals surface area (Å²) in [5.74, 6) is -3.13. The minimum absolute atomic E-state index is 0.0913. The number of anilines is 2. The summed E-state index contributed by atoms with van der Waals surface area (Å²) in [6, 6.07) is 11.1. The molecule has 2 amide bonds. The van der Waals surface area contributed by atoms with Crippen LogP contribution in [0.2, 0.25) is 10.2 Å². The summed E-state index contributed by atoms with van der Waals surface area (Å²) in [6.07, 6.45) is -4.75. The van der Waals surface area contributed by atoms with Gasteiger partial charge in [-0.2, -0.15) is 24.9 Å². The van der Waals surface area contributed by atoms with Crippen LogP contribution in [0.25, 0.3) is 11.1 Å². The Balaban J connectivity index is 1.36. The molecule has 8 rings (SSSR count). The van der Waals surface area contributed by atoms with Crippen LogP contribution in [-0.4, -0.2) is 70.1 Å². The first kappa shape index (κ1) is 26.7. The second kappa shape index (κ2) is 7.59. The van der Waals surface area contributed by atoms with E-state index in [0.29, 0.717) is 5.69 Å². The number of piperidine rings is 1. The highest BCUT2D eigenvalue weighted by Gasteiger charge is 3.00. The molecule has 3 aromatic rings. The highest BCUT2D eigenvalue weighted by Crippen LogP contribution is 2.92. The Bertz CT molecular complexity index is 1820. The average Bonchev–Trinajstić information content (AvgIpc) is 3.85. The van der Waals surface area contributed by atoms with E-state index in [1.165, 1.54) is 46.9 Å². The molecule has 5 aliphatic rings. The zero-order valence-corrected chi connectivity index (χ0v) is 22.8. The predicted molar refractivity (Wildman–Crippen MR) is 157 cm³/mol. The Morgan fingerprint density at radius 1 is 1.07 bits per heavy atom. The van der Waals surface area contributed by atoms with Crippen molar-refractivity contribution >= 4 is 84.2 Å². The third-order valence-corrected chi connectivity index (χ3v) is 11.5. The van der Waals surface area contributed by atoms with Gasteiger partial charge in [-0.3, -0.25) is 9.59 Å². The summed E-state index contributed by atoms with van der Waals surface area (Å²) < 4.78 is 55.6. The van der Waals surface area contributed by atoms with Crippen molar-refractivity contribution in [2.45, 2.75) is 32.0 Å². The Kier molecular flexibility index (Phi) is 4.82. The van der Waals surface area contributed by atoms with Gasteiger partial charge in [-0.25, -0.2) is 4.39 Å². The molecular weight excluding hydrogens is 584 g/mol. The van der Waals surface area contributed by atoms with Gasteiger partial charge in [0.2, 0.25) is 5.91 Å². The summed E-state index contributed by atoms with van der Waals surface area (Å²) >= 11 is 7.65. The highest BCUT2D eigenvalue weighted by atomic mass is 35.5. The standard InChI is InChI=1S/C26H12B5ClF4N3O2S/c27-22-21-31(22)39(20(41)18-14(32)2-1-3-15(18)33)16-7-5-10(12-8-11(19(37)40)4-6-13(12)23(34,35)36)9-17(16)38(21)26(29)25(30-26)24(22,28)42-25/h1-9,21H,(H2,37,40). The average molecular weight is 596 g/mol. The van der Waals surface area contributed by atoms with Crippen LogP contribution in [0.3, 0.4) is 0 Å². The molecule has 0 saturated carbocycles. The molecule has 3 aromatic carbocycles. The van der Waals surface area contributed by atoms with Crippen LogP contribution in [0, 0.1) is 5.82 Å². The minimum Gasteiger partial charge on any atom is -0.383 e. The summed E-state index contributed by atoms with van der Waals surface area (Å²) in [5, 5.41) is -2.38. The van der Waals surface area contributed by atoms with Crippen molar-refractivity contribution in [2.75, 3.05) is 9.71 Å². The van der Waals surface area contributed by atoms with E-state index in [1.54, 1.807) is 0 Å². The van der Waals surface area contributed by atoms with Crippen molar-refractivity contribution in [1.82, 2.24) is 0 Å². The number of hydrogen-bond acceptors (Lipinski definition) is 4. The number of rotatable bonds is 3. The van der Waals surface area contributed by atoms with Crippen LogP contribution in [0.1, 0.15) is 26.3 Å². The van der Waals surface area contributed by atoms with E-state index < -0.39 is 62.0 Å². The van der Waals surface area contributed by atoms with Gasteiger partial charge < -0.3 is 15.4 Å². The fourth-order valence-electron chi connectivity index (χ4n) is 7.25. The lowest BCUT2D eigenvalue weighted by molar-refractivity contribution is -0.137. The number of benzene rings is 3. The Hall–Kier alpha value is -2.92. The van der Waals surface area contributed by atoms with E-state index >= 15 is 0 Å². The zero-order chi connectivity index (χ0) is 29.9. The Morgan fingerprint density at radius 2 is 1.81 bits per heavy atom. The van der Waals surface area contributed by atoms with E-state index in [4.69, 9.17) is 40.9 Å². The molecule has 0 bridgehead atoms. The van der Waals surface area contributed by atoms with E-state index in [1.807, 2.05) is 12.2 Å². The largest absolute Gasteiger partial charge is 0.417 e. The van der Waals surface area contributed by atoms with Crippen molar-refractivity contribution in [3.05, 3.63) is 82.1 Å². The number of nitrogens with two attached hydrogens (primary N) is 1. The number of carbonyl (C=O) groups is 2. The van der Waals surface area contributed by atoms with E-state index in [2.05, 4.69) is 0 Å². The van der Waals surface area contributed by atoms with Gasteiger partial charge in [-0.1, -0.05) is 23.7 Å². The number of nitrogens with zero attached hydrogens (tertiary/aromatic N) is 2. The molecule has 5 unspecified atom stereocenters. The molecule has 4 saturated heterocycles. The number of halogens is 5. The second-order valence-electron chi connectivity index (χ2n) is 11.3. The fourth-order valence-corrected chi connectivity index (χ4v) is 9.27. The second-order valence-corrected chi connectivity index (χ2v) is 13.2. The molecule has 2 N–H and O–H groups in total. The molecule has 42 heavy (non-hydrogen) atoms. The summed E-state index contributed by atoms with van der Waals surface area (Å²) in [4.78, 5) is 29.1. The van der Waals surface area contributed by atoms with Gasteiger partial charge in [0, 0.05) is 16.2 Å². The molecule has 5 aliphatic heterocycles. The topological polar surface area (TPSA) is 66.6 Å². The van der Waals surface area contributed by atoms with Crippen molar-refractivity contribution < 1.29 is 27.2 Å². The molecule has 1 spiro atoms. The summed E-state index contributed by atoms with van der Waals surface area (Å²) in [6.45, 7) is -0.721. The smallest absolute Gasteiger partial charge is 0.383 e. The molecule has 0 aromatic heterocycles. The lowest BCUT2D eigenvalue weighted by atomic mass is 9.48. The van der Waals surface area contributed by atoms with Crippen LogP contribution in [-0.2, 0) is 6.18 Å². The van der Waals surface area contributed by atoms with E-state index in [-0.39, 0.29) is 33.0 Å². The maximum absolute atomic E-state index is 15.0. The van der Waals surface area contributed by atoms with Gasteiger partial charge in [0.05, 0.1) is 51.1 Å². The molecule has 4 fully saturated rings. The number of hydrogen-bond donors (Lipinski definition) is 1. The lowest BCUT2D eigenvalue weighted by Gasteiger charge is -2.45. The molecular formula is C26H12B5ClF4N3O2S. The maximum atomic E-state index is 15.0. The van der Waals surface area contributed by atoms with Gasteiger partial charge in [-0.15, -0.1) is 0 Å². The quantitative estimate of drug-likeness (QED) is 0.287. The number of primary amides is 1. The van der Waals surface area contributed by atoms with Crippen LogP contribution in [0.5, 0.6) is 0 Å². The van der Waals surface area contributed by atoms with Crippen LogP contribution in [0.15, 0.2) is 54.6 Å². The number of thioether (sulfide) groups is 1. The first-order valence-electron chi connectivity index (χ1n) is 12.8. The summed E-state index contributed by atoms with van der Waals surface area (Å²) in [7, 11) is 22.5. The molecule has 7 radical (unpaired) electrons. The SMILES string of the molecule is [B]C12B3C1N(c1cc(-c4cc(C(N)=O)ccc4C(F)(F)F)ccc1N3C(=O)c1c(F)cccc1Cl)C1([B])[B]C13SC23[B]. The predicted octanol–water partition coefficient (Wildman–Crippen LogP) is 3.37. The Labute approximate surface area is 251 Å². The third-order valence-electron chi connectivity index (χ3n) is 9.34. The third kappa shape index (κ3) is 2.85. The molecule has 0 aliphatic carbocycles. The maximum Gasteiger partial charge on any atom is 0.417 e. The number of alkyl halides is 3. The van der Waals surface area contributed by atoms with Crippen molar-refractivity contribution in [1.29, 1.82) is 0 Å². The van der Waals surface area contributed by atoms with Crippen LogP contribution in [0.4, 0.5) is 28.9 Å². The van der Waals surface area contributed by atoms with E-state index in [9.17, 15) is 27.2 Å². The monoisotopic (exact) mass is 596 g/mol. The summed E-state index contributed by atoms with van der Waals surface area (Å²) in [5.41, 5.74) is 4.27. The minimum atomic E-state index is -4.75. The normalized spacial score (nSPS) is 32.6. The first-order chi connectivity index (χ1) is 19.6. The highest BCUT2D eigenvalue weighted by molar-refractivity contribution is 8.14. The first-order valence-corrected chi connectivity index (χ1v) is 14.0. The number of fused-ring (bicyclic) bond motifs is 5. The Morgan fingerprint density at radius 3 is 2.48 bits per heavy atom. The van der Waals surface area contributed by atoms with Crippen LogP contribution < -0.4 is 15.4 Å². The molecule has 199 valence electrons. The molecule has 5 atom stereocenters. The lowest BCUT2D eigenvalue weighted by Crippen LogP contribution is -2.55. The molecule has 5 heterocycles. The van der Waals surface area contributed by atoms with Gasteiger partial charge in [0.25, 0.3) is 12.8 Å². The number of carbonyl (C=O) groups excluding carboxylic acids is 2. The van der Waals surface area contributed by atoms with Gasteiger partial charge in [-0.05, 0) is 68.8 Å². The van der Waals surface area contributed by atoms with Gasteiger partial charge in [0.15, 0.2) is 7.28 Å². The van der Waals surface area contributed by atoms with Gasteiger partial charge >= 0.3 is 6.18 Å². The zero-order valence-electron chi connectivity index (χ0n) is 21.2. The van der Waals surface area contributed by atoms with Crippen molar-refractivity contribution in [3.63, 3.8) is 0 Å².